The molecular formula is C15H22N2S. The monoisotopic (exact) mass is 262 g/mol. The van der Waals surface area contributed by atoms with Crippen molar-refractivity contribution < 1.29 is 0 Å². The molecule has 3 heteroatoms. The van der Waals surface area contributed by atoms with E-state index >= 15 is 0 Å². The molecule has 98 valence electrons. The van der Waals surface area contributed by atoms with Crippen molar-refractivity contribution in [1.82, 2.24) is 9.88 Å². The third-order valence-electron chi connectivity index (χ3n) is 3.11. The summed E-state index contributed by atoms with van der Waals surface area (Å²) < 4.78 is 2.45. The lowest BCUT2D eigenvalue weighted by atomic mass is 10.2. The van der Waals surface area contributed by atoms with Gasteiger partial charge in [0.25, 0.3) is 0 Å². The number of rotatable bonds is 6. The first-order valence-electron chi connectivity index (χ1n) is 6.52. The Labute approximate surface area is 114 Å². The summed E-state index contributed by atoms with van der Waals surface area (Å²) in [5, 5.41) is 4.86. The van der Waals surface area contributed by atoms with Crippen LogP contribution < -0.4 is 5.32 Å². The second-order valence-corrected chi connectivity index (χ2v) is 5.86. The molecule has 0 fully saturated rings. The minimum Gasteiger partial charge on any atom is -0.342 e. The third-order valence-corrected chi connectivity index (χ3v) is 3.70. The molecule has 0 aliphatic heterocycles. The Bertz CT molecular complexity index is 502. The molecule has 0 aliphatic rings. The molecule has 1 heterocycles. The largest absolute Gasteiger partial charge is 0.342 e. The molecule has 18 heavy (non-hydrogen) atoms. The number of nitrogens with zero attached hydrogens (tertiary/aromatic N) is 1. The van der Waals surface area contributed by atoms with Crippen LogP contribution in [0.1, 0.15) is 19.5 Å². The first-order valence-corrected chi connectivity index (χ1v) is 7.91. The Hall–Kier alpha value is -0.930. The first-order chi connectivity index (χ1) is 8.72. The Morgan fingerprint density at radius 1 is 1.28 bits per heavy atom. The van der Waals surface area contributed by atoms with E-state index in [2.05, 4.69) is 60.3 Å². The lowest BCUT2D eigenvalue weighted by molar-refractivity contribution is 0.565. The Morgan fingerprint density at radius 3 is 2.78 bits per heavy atom. The number of aryl methyl sites for hydroxylation is 1. The summed E-state index contributed by atoms with van der Waals surface area (Å²) in [4.78, 5) is 0. The molecule has 0 radical (unpaired) electrons. The number of fused-ring (bicyclic) bond motifs is 1. The van der Waals surface area contributed by atoms with E-state index in [1.54, 1.807) is 0 Å². The van der Waals surface area contributed by atoms with E-state index in [1.165, 1.54) is 16.6 Å². The van der Waals surface area contributed by atoms with Crippen LogP contribution in [0.15, 0.2) is 30.3 Å². The molecule has 0 spiro atoms. The van der Waals surface area contributed by atoms with E-state index in [0.717, 1.165) is 18.8 Å². The van der Waals surface area contributed by atoms with E-state index in [9.17, 15) is 0 Å². The van der Waals surface area contributed by atoms with Crippen molar-refractivity contribution in [2.75, 3.05) is 12.0 Å². The predicted molar refractivity (Wildman–Crippen MR) is 82.3 cm³/mol. The minimum absolute atomic E-state index is 0.525. The lowest BCUT2D eigenvalue weighted by Crippen LogP contribution is -2.23. The maximum Gasteiger partial charge on any atom is 0.0483 e. The molecule has 1 aromatic carbocycles. The van der Waals surface area contributed by atoms with Crippen LogP contribution in [0.25, 0.3) is 10.9 Å². The van der Waals surface area contributed by atoms with Crippen LogP contribution in [0.5, 0.6) is 0 Å². The zero-order valence-electron chi connectivity index (χ0n) is 11.4. The number of hydrogen-bond donors (Lipinski definition) is 1. The number of aromatic nitrogens is 1. The predicted octanol–water partition coefficient (Wildman–Crippen LogP) is 3.50. The average molecular weight is 262 g/mol. The summed E-state index contributed by atoms with van der Waals surface area (Å²) in [7, 11) is 0. The number of benzene rings is 1. The van der Waals surface area contributed by atoms with Gasteiger partial charge in [-0.15, -0.1) is 0 Å². The van der Waals surface area contributed by atoms with Crippen LogP contribution in [0.4, 0.5) is 0 Å². The molecule has 0 bridgehead atoms. The van der Waals surface area contributed by atoms with E-state index in [4.69, 9.17) is 0 Å². The van der Waals surface area contributed by atoms with Crippen molar-refractivity contribution in [3.8, 4) is 0 Å². The van der Waals surface area contributed by atoms with Crippen molar-refractivity contribution in [1.29, 1.82) is 0 Å². The molecule has 1 N–H and O–H groups in total. The fraction of sp³-hybridized carbons (Fsp3) is 0.467. The highest BCUT2D eigenvalue weighted by Crippen LogP contribution is 2.20. The second-order valence-electron chi connectivity index (χ2n) is 4.87. The molecule has 2 nitrogen and oxygen atoms in total. The average Bonchev–Trinajstić information content (AvgIpc) is 2.71. The number of nitrogens with one attached hydrogen (secondary N) is 1. The number of para-hydroxylation sites is 1. The van der Waals surface area contributed by atoms with Gasteiger partial charge in [0.05, 0.1) is 0 Å². The van der Waals surface area contributed by atoms with Gasteiger partial charge in [-0.1, -0.05) is 32.0 Å². The maximum absolute atomic E-state index is 3.51. The molecule has 2 aromatic rings. The smallest absolute Gasteiger partial charge is 0.0483 e. The molecule has 0 saturated carbocycles. The van der Waals surface area contributed by atoms with Crippen molar-refractivity contribution in [2.45, 2.75) is 33.0 Å². The van der Waals surface area contributed by atoms with Crippen LogP contribution in [0, 0.1) is 0 Å². The van der Waals surface area contributed by atoms with Crippen molar-refractivity contribution >= 4 is 22.7 Å². The van der Waals surface area contributed by atoms with Crippen LogP contribution in [-0.4, -0.2) is 22.6 Å². The minimum atomic E-state index is 0.525. The zero-order chi connectivity index (χ0) is 13.0. The van der Waals surface area contributed by atoms with Crippen molar-refractivity contribution in [2.24, 2.45) is 0 Å². The third kappa shape index (κ3) is 3.09. The van der Waals surface area contributed by atoms with Crippen LogP contribution in [0.3, 0.4) is 0 Å². The van der Waals surface area contributed by atoms with Crippen molar-refractivity contribution in [3.63, 3.8) is 0 Å². The molecule has 1 aromatic heterocycles. The van der Waals surface area contributed by atoms with E-state index < -0.39 is 0 Å². The van der Waals surface area contributed by atoms with Crippen LogP contribution >= 0.6 is 11.8 Å². The summed E-state index contributed by atoms with van der Waals surface area (Å²) in [5.41, 5.74) is 2.74. The van der Waals surface area contributed by atoms with Gasteiger partial charge in [-0.25, -0.2) is 0 Å². The van der Waals surface area contributed by atoms with Gasteiger partial charge in [-0.2, -0.15) is 11.8 Å². The summed E-state index contributed by atoms with van der Waals surface area (Å²) in [6.07, 6.45) is 2.16. The number of hydrogen-bond acceptors (Lipinski definition) is 2. The molecule has 0 atom stereocenters. The number of thioether (sulfide) groups is 1. The van der Waals surface area contributed by atoms with Crippen LogP contribution in [-0.2, 0) is 13.1 Å². The summed E-state index contributed by atoms with van der Waals surface area (Å²) in [6, 6.07) is 11.5. The Morgan fingerprint density at radius 2 is 2.06 bits per heavy atom. The van der Waals surface area contributed by atoms with Gasteiger partial charge >= 0.3 is 0 Å². The zero-order valence-corrected chi connectivity index (χ0v) is 12.3. The SMILES string of the molecule is CSCCn1c(CNC(C)C)cc2ccccc21. The van der Waals surface area contributed by atoms with E-state index in [-0.39, 0.29) is 0 Å². The molecule has 2 rings (SSSR count). The summed E-state index contributed by atoms with van der Waals surface area (Å²) >= 11 is 1.90. The van der Waals surface area contributed by atoms with Gasteiger partial charge in [0.1, 0.15) is 0 Å². The second kappa shape index (κ2) is 6.30. The summed E-state index contributed by atoms with van der Waals surface area (Å²) in [6.45, 7) is 6.41. The maximum atomic E-state index is 3.51. The van der Waals surface area contributed by atoms with Gasteiger partial charge in [0.2, 0.25) is 0 Å². The summed E-state index contributed by atoms with van der Waals surface area (Å²) in [5.74, 6) is 1.16. The van der Waals surface area contributed by atoms with Crippen LogP contribution in [0.2, 0.25) is 0 Å². The molecule has 0 amide bonds. The molecule has 0 saturated heterocycles. The lowest BCUT2D eigenvalue weighted by Gasteiger charge is -2.12. The molecular weight excluding hydrogens is 240 g/mol. The normalized spacial score (nSPS) is 11.6. The fourth-order valence-electron chi connectivity index (χ4n) is 2.17. The van der Waals surface area contributed by atoms with Crippen molar-refractivity contribution in [3.05, 3.63) is 36.0 Å². The quantitative estimate of drug-likeness (QED) is 0.858. The highest BCUT2D eigenvalue weighted by molar-refractivity contribution is 7.98. The van der Waals surface area contributed by atoms with Gasteiger partial charge in [0.15, 0.2) is 0 Å². The topological polar surface area (TPSA) is 17.0 Å². The Balaban J connectivity index is 2.30. The highest BCUT2D eigenvalue weighted by atomic mass is 32.2. The van der Waals surface area contributed by atoms with E-state index in [0.29, 0.717) is 6.04 Å². The van der Waals surface area contributed by atoms with E-state index in [1.807, 2.05) is 11.8 Å². The molecule has 0 unspecified atom stereocenters. The van der Waals surface area contributed by atoms with Gasteiger partial charge in [0, 0.05) is 36.1 Å². The van der Waals surface area contributed by atoms with Gasteiger partial charge in [-0.05, 0) is 23.8 Å². The Kier molecular flexibility index (Phi) is 4.72. The standard InChI is InChI=1S/C15H22N2S/c1-12(2)16-11-14-10-13-6-4-5-7-15(13)17(14)8-9-18-3/h4-7,10,12,16H,8-9,11H2,1-3H3. The first kappa shape index (κ1) is 13.5. The molecule has 0 aliphatic carbocycles. The highest BCUT2D eigenvalue weighted by Gasteiger charge is 2.08. The van der Waals surface area contributed by atoms with Gasteiger partial charge in [-0.3, -0.25) is 0 Å². The fourth-order valence-corrected chi connectivity index (χ4v) is 2.53. The van der Waals surface area contributed by atoms with Gasteiger partial charge < -0.3 is 9.88 Å².